The summed E-state index contributed by atoms with van der Waals surface area (Å²) in [6.07, 6.45) is 5.01. The predicted molar refractivity (Wildman–Crippen MR) is 71.0 cm³/mol. The molecule has 0 saturated heterocycles. The number of benzene rings is 1. The minimum Gasteiger partial charge on any atom is -0.477 e. The first kappa shape index (κ1) is 14.3. The van der Waals surface area contributed by atoms with Crippen LogP contribution in [0.1, 0.15) is 12.5 Å². The summed E-state index contributed by atoms with van der Waals surface area (Å²) in [5, 5.41) is 9.36. The number of rotatable bonds is 6. The maximum Gasteiger partial charge on any atom is 0.353 e. The van der Waals surface area contributed by atoms with E-state index in [2.05, 4.69) is 5.48 Å². The van der Waals surface area contributed by atoms with Crippen LogP contribution in [0.2, 0.25) is 5.02 Å². The van der Waals surface area contributed by atoms with E-state index < -0.39 is 5.97 Å². The van der Waals surface area contributed by atoms with E-state index >= 15 is 0 Å². The molecular formula is C13H14ClNO3. The molecule has 0 radical (unpaired) electrons. The number of hydrogen-bond donors (Lipinski definition) is 2. The summed E-state index contributed by atoms with van der Waals surface area (Å²) in [5.74, 6) is -1.06. The van der Waals surface area contributed by atoms with Crippen molar-refractivity contribution in [3.05, 3.63) is 52.7 Å². The monoisotopic (exact) mass is 267 g/mol. The van der Waals surface area contributed by atoms with Crippen LogP contribution in [-0.2, 0) is 9.63 Å². The van der Waals surface area contributed by atoms with Crippen LogP contribution in [0.4, 0.5) is 0 Å². The number of hydrogen-bond acceptors (Lipinski definition) is 3. The Labute approximate surface area is 110 Å². The highest BCUT2D eigenvalue weighted by atomic mass is 35.5. The third kappa shape index (κ3) is 5.03. The zero-order valence-corrected chi connectivity index (χ0v) is 10.6. The Morgan fingerprint density at radius 2 is 2.33 bits per heavy atom. The molecule has 5 heteroatoms. The average Bonchev–Trinajstić information content (AvgIpc) is 2.33. The van der Waals surface area contributed by atoms with Gasteiger partial charge in [-0.2, -0.15) is 0 Å². The highest BCUT2D eigenvalue weighted by molar-refractivity contribution is 6.30. The molecule has 0 amide bonds. The summed E-state index contributed by atoms with van der Waals surface area (Å²) in [7, 11) is 0. The number of carbonyl (C=O) groups is 1. The Morgan fingerprint density at radius 3 is 2.94 bits per heavy atom. The fraction of sp³-hybridized carbons (Fsp3) is 0.154. The lowest BCUT2D eigenvalue weighted by Gasteiger charge is -2.04. The van der Waals surface area contributed by atoms with Crippen molar-refractivity contribution >= 4 is 23.6 Å². The number of allylic oxidation sites excluding steroid dienone is 1. The topological polar surface area (TPSA) is 58.6 Å². The van der Waals surface area contributed by atoms with Crippen molar-refractivity contribution in [2.75, 3.05) is 6.61 Å². The van der Waals surface area contributed by atoms with E-state index in [1.54, 1.807) is 19.1 Å². The Hall–Kier alpha value is -1.78. The van der Waals surface area contributed by atoms with E-state index in [0.717, 1.165) is 5.56 Å². The molecule has 1 aromatic carbocycles. The molecule has 0 atom stereocenters. The number of aliphatic carboxylic acids is 1. The van der Waals surface area contributed by atoms with Gasteiger partial charge in [0.25, 0.3) is 0 Å². The van der Waals surface area contributed by atoms with Gasteiger partial charge in [0, 0.05) is 5.02 Å². The van der Waals surface area contributed by atoms with Crippen LogP contribution in [0.5, 0.6) is 0 Å². The van der Waals surface area contributed by atoms with Crippen LogP contribution in [0, 0.1) is 0 Å². The summed E-state index contributed by atoms with van der Waals surface area (Å²) in [6.45, 7) is 1.86. The van der Waals surface area contributed by atoms with Crippen LogP contribution in [0.15, 0.2) is 42.1 Å². The van der Waals surface area contributed by atoms with Gasteiger partial charge in [0.15, 0.2) is 0 Å². The second-order valence-electron chi connectivity index (χ2n) is 3.38. The molecule has 1 rings (SSSR count). The van der Waals surface area contributed by atoms with Crippen molar-refractivity contribution in [1.82, 2.24) is 5.48 Å². The minimum atomic E-state index is -1.06. The Balaban J connectivity index is 2.36. The van der Waals surface area contributed by atoms with E-state index in [1.165, 1.54) is 6.08 Å². The second-order valence-corrected chi connectivity index (χ2v) is 3.81. The molecule has 18 heavy (non-hydrogen) atoms. The van der Waals surface area contributed by atoms with Gasteiger partial charge < -0.3 is 5.11 Å². The van der Waals surface area contributed by atoms with Crippen molar-refractivity contribution < 1.29 is 14.7 Å². The summed E-state index contributed by atoms with van der Waals surface area (Å²) >= 11 is 5.83. The van der Waals surface area contributed by atoms with E-state index in [0.29, 0.717) is 5.02 Å². The fourth-order valence-corrected chi connectivity index (χ4v) is 1.39. The first-order valence-electron chi connectivity index (χ1n) is 5.33. The van der Waals surface area contributed by atoms with Gasteiger partial charge >= 0.3 is 5.97 Å². The number of carboxylic acids is 1. The molecular weight excluding hydrogens is 254 g/mol. The first-order valence-corrected chi connectivity index (χ1v) is 5.71. The summed E-state index contributed by atoms with van der Waals surface area (Å²) < 4.78 is 0. The van der Waals surface area contributed by atoms with Gasteiger partial charge in [-0.05, 0) is 24.6 Å². The van der Waals surface area contributed by atoms with Crippen molar-refractivity contribution in [2.45, 2.75) is 6.92 Å². The molecule has 0 saturated carbocycles. The molecule has 0 aliphatic heterocycles. The highest BCUT2D eigenvalue weighted by Gasteiger charge is 2.03. The van der Waals surface area contributed by atoms with Crippen LogP contribution >= 0.6 is 11.6 Å². The minimum absolute atomic E-state index is 0.00570. The SMILES string of the molecule is CC=C(NOCC=Cc1cccc(Cl)c1)C(=O)O. The number of carboxylic acid groups (broad SMARTS) is 1. The molecule has 0 fully saturated rings. The van der Waals surface area contributed by atoms with Crippen LogP contribution < -0.4 is 5.48 Å². The van der Waals surface area contributed by atoms with E-state index in [1.807, 2.05) is 24.3 Å². The van der Waals surface area contributed by atoms with Crippen molar-refractivity contribution in [2.24, 2.45) is 0 Å². The van der Waals surface area contributed by atoms with E-state index in [9.17, 15) is 4.79 Å². The zero-order chi connectivity index (χ0) is 13.4. The normalized spacial score (nSPS) is 11.8. The summed E-state index contributed by atoms with van der Waals surface area (Å²) in [5.41, 5.74) is 3.31. The van der Waals surface area contributed by atoms with Gasteiger partial charge in [-0.1, -0.05) is 42.0 Å². The third-order valence-electron chi connectivity index (χ3n) is 2.04. The Bertz CT molecular complexity index is 469. The second kappa shape index (κ2) is 7.53. The lowest BCUT2D eigenvalue weighted by Crippen LogP contribution is -2.20. The first-order chi connectivity index (χ1) is 8.63. The summed E-state index contributed by atoms with van der Waals surface area (Å²) in [6, 6.07) is 7.37. The summed E-state index contributed by atoms with van der Waals surface area (Å²) in [4.78, 5) is 15.6. The third-order valence-corrected chi connectivity index (χ3v) is 2.27. The maximum atomic E-state index is 10.6. The predicted octanol–water partition coefficient (Wildman–Crippen LogP) is 2.86. The standard InChI is InChI=1S/C13H14ClNO3/c1-2-12(13(16)17)15-18-8-4-6-10-5-3-7-11(14)9-10/h2-7,9,15H,8H2,1H3,(H,16,17). The molecule has 0 spiro atoms. The highest BCUT2D eigenvalue weighted by Crippen LogP contribution is 2.11. The fourth-order valence-electron chi connectivity index (χ4n) is 1.19. The van der Waals surface area contributed by atoms with E-state index in [-0.39, 0.29) is 12.3 Å². The largest absolute Gasteiger partial charge is 0.477 e. The van der Waals surface area contributed by atoms with Crippen molar-refractivity contribution in [3.63, 3.8) is 0 Å². The van der Waals surface area contributed by atoms with E-state index in [4.69, 9.17) is 21.5 Å². The number of hydroxylamine groups is 1. The van der Waals surface area contributed by atoms with Gasteiger partial charge in [0.1, 0.15) is 5.70 Å². The number of nitrogens with one attached hydrogen (secondary N) is 1. The van der Waals surface area contributed by atoms with Crippen molar-refractivity contribution in [1.29, 1.82) is 0 Å². The molecule has 0 unspecified atom stereocenters. The van der Waals surface area contributed by atoms with Gasteiger partial charge in [-0.15, -0.1) is 0 Å². The molecule has 0 bridgehead atoms. The average molecular weight is 268 g/mol. The lowest BCUT2D eigenvalue weighted by molar-refractivity contribution is -0.134. The molecule has 0 aliphatic carbocycles. The zero-order valence-electron chi connectivity index (χ0n) is 9.89. The van der Waals surface area contributed by atoms with Crippen molar-refractivity contribution in [3.8, 4) is 0 Å². The molecule has 0 heterocycles. The van der Waals surface area contributed by atoms with Gasteiger partial charge in [-0.25, -0.2) is 4.79 Å². The van der Waals surface area contributed by atoms with Gasteiger partial charge in [0.2, 0.25) is 0 Å². The Morgan fingerprint density at radius 1 is 1.56 bits per heavy atom. The van der Waals surface area contributed by atoms with Crippen LogP contribution in [-0.4, -0.2) is 17.7 Å². The molecule has 1 aromatic rings. The molecule has 2 N–H and O–H groups in total. The molecule has 4 nitrogen and oxygen atoms in total. The van der Waals surface area contributed by atoms with Crippen LogP contribution in [0.25, 0.3) is 6.08 Å². The molecule has 0 aromatic heterocycles. The van der Waals surface area contributed by atoms with Crippen LogP contribution in [0.3, 0.4) is 0 Å². The maximum absolute atomic E-state index is 10.6. The lowest BCUT2D eigenvalue weighted by atomic mass is 10.2. The quantitative estimate of drug-likeness (QED) is 0.473. The molecule has 0 aliphatic rings. The molecule has 96 valence electrons. The van der Waals surface area contributed by atoms with Gasteiger partial charge in [-0.3, -0.25) is 10.3 Å². The number of halogens is 1. The Kier molecular flexibility index (Phi) is 5.97. The smallest absolute Gasteiger partial charge is 0.353 e. The van der Waals surface area contributed by atoms with Gasteiger partial charge in [0.05, 0.1) is 6.61 Å².